The first-order chi connectivity index (χ1) is 41.0. The zero-order valence-corrected chi connectivity index (χ0v) is 49.3. The van der Waals surface area contributed by atoms with Gasteiger partial charge >= 0.3 is 5.97 Å². The monoisotopic (exact) mass is 1140 g/mol. The number of aromatic nitrogens is 3. The number of rotatable bonds is 12. The van der Waals surface area contributed by atoms with Crippen LogP contribution in [0, 0.1) is 13.8 Å². The van der Waals surface area contributed by atoms with Crippen LogP contribution in [0.2, 0.25) is 5.02 Å². The molecule has 418 valence electrons. The molecule has 0 spiro atoms. The van der Waals surface area contributed by atoms with E-state index in [9.17, 15) is 9.59 Å². The second kappa shape index (κ2) is 20.7. The minimum absolute atomic E-state index is 0.000573. The molecule has 10 aromatic rings. The summed E-state index contributed by atoms with van der Waals surface area (Å²) in [6, 6.07) is 55.3. The Bertz CT molecular complexity index is 4190. The minimum atomic E-state index is -0.952. The topological polar surface area (TPSA) is 95.8 Å². The number of thiophene rings is 1. The third kappa shape index (κ3) is 8.53. The van der Waals surface area contributed by atoms with Crippen LogP contribution < -0.4 is 10.3 Å². The van der Waals surface area contributed by atoms with E-state index in [1.54, 1.807) is 16.0 Å². The number of aryl methyl sites for hydroxylation is 3. The number of carbonyl (C=O) groups is 1. The van der Waals surface area contributed by atoms with E-state index >= 15 is 0 Å². The molecule has 1 fully saturated rings. The standard InChI is InChI=1S/C73H63ClN4O5S/c1-43-36-60(69-68(75-43)62(42-84-69)71(80)81-4)59-40-48(74)26-27-67(59)82-35-34-78-44(2)76-66-28-31-72(3,41-61(66)70(78)79)77-32-29-49(30-33-77)83-73(63-23-11-20-53-50-17-8-5-14-45(50)37-56(53)63,64-24-12-21-54-51-18-9-6-15-46(51)38-57(54)64)65-25-13-22-55-52-19-10-7-16-47(52)39-58(55)65/h5-27,36,40,42,49H,28-35,37-39,41H2,1-4H3. The van der Waals surface area contributed by atoms with Gasteiger partial charge in [-0.25, -0.2) is 9.78 Å². The van der Waals surface area contributed by atoms with Crippen LogP contribution in [0.1, 0.15) is 109 Å². The lowest BCUT2D eigenvalue weighted by Gasteiger charge is -2.49. The number of pyridine rings is 1. The van der Waals surface area contributed by atoms with Gasteiger partial charge in [-0.05, 0) is 180 Å². The van der Waals surface area contributed by atoms with Crippen molar-refractivity contribution >= 4 is 39.1 Å². The molecule has 3 aromatic heterocycles. The number of nitrogens with zero attached hydrogens (tertiary/aromatic N) is 4. The molecule has 15 rings (SSSR count). The summed E-state index contributed by atoms with van der Waals surface area (Å²) in [7, 11) is 1.37. The molecular weight excluding hydrogens is 1080 g/mol. The number of hydrogen-bond acceptors (Lipinski definition) is 9. The highest BCUT2D eigenvalue weighted by Gasteiger charge is 2.49. The predicted molar refractivity (Wildman–Crippen MR) is 335 cm³/mol. The molecule has 1 aliphatic heterocycles. The van der Waals surface area contributed by atoms with Gasteiger partial charge in [0.2, 0.25) is 0 Å². The predicted octanol–water partition coefficient (Wildman–Crippen LogP) is 15.1. The fourth-order valence-electron chi connectivity index (χ4n) is 15.1. The highest BCUT2D eigenvalue weighted by molar-refractivity contribution is 7.18. The molecule has 0 radical (unpaired) electrons. The van der Waals surface area contributed by atoms with Crippen molar-refractivity contribution in [3.63, 3.8) is 0 Å². The van der Waals surface area contributed by atoms with Gasteiger partial charge in [0.05, 0.1) is 41.2 Å². The Morgan fingerprint density at radius 3 is 1.81 bits per heavy atom. The lowest BCUT2D eigenvalue weighted by molar-refractivity contribution is -0.0850. The van der Waals surface area contributed by atoms with Crippen LogP contribution >= 0.6 is 22.9 Å². The van der Waals surface area contributed by atoms with Crippen LogP contribution in [0.4, 0.5) is 0 Å². The molecule has 4 aliphatic carbocycles. The molecule has 0 N–H and O–H groups in total. The summed E-state index contributed by atoms with van der Waals surface area (Å²) < 4.78 is 22.7. The number of esters is 1. The summed E-state index contributed by atoms with van der Waals surface area (Å²) in [4.78, 5) is 40.1. The number of benzene rings is 7. The number of ether oxygens (including phenoxy) is 3. The Labute approximate surface area is 498 Å². The summed E-state index contributed by atoms with van der Waals surface area (Å²) in [5.74, 6) is 0.857. The summed E-state index contributed by atoms with van der Waals surface area (Å²) in [6.45, 7) is 8.40. The van der Waals surface area contributed by atoms with Gasteiger partial charge in [0.25, 0.3) is 5.56 Å². The average Bonchev–Trinajstić information content (AvgIpc) is 1.84. The lowest BCUT2D eigenvalue weighted by Crippen LogP contribution is -2.55. The molecule has 11 heteroatoms. The zero-order chi connectivity index (χ0) is 57.0. The lowest BCUT2D eigenvalue weighted by atomic mass is 9.72. The minimum Gasteiger partial charge on any atom is -0.491 e. The Morgan fingerprint density at radius 1 is 0.679 bits per heavy atom. The fraction of sp³-hybridized carbons (Fsp3) is 0.260. The number of methoxy groups -OCH3 is 1. The van der Waals surface area contributed by atoms with Crippen molar-refractivity contribution in [2.75, 3.05) is 26.8 Å². The SMILES string of the molecule is COC(=O)c1csc2c(-c3cc(Cl)ccc3OCCn3c(C)nc4c(c3=O)CC(C)(N3CCC(OC(c5cccc6c5Cc5ccccc5-6)(c5cccc6c5Cc5ccccc5-6)c5cccc6c5Cc5ccccc5-6)CC3)CC4)cc(C)nc12. The number of likely N-dealkylation sites (tertiary alicyclic amines) is 1. The van der Waals surface area contributed by atoms with Crippen molar-refractivity contribution in [1.82, 2.24) is 19.4 Å². The summed E-state index contributed by atoms with van der Waals surface area (Å²) in [5.41, 5.74) is 23.5. The number of hydrogen-bond donors (Lipinski definition) is 0. The van der Waals surface area contributed by atoms with Crippen molar-refractivity contribution in [2.24, 2.45) is 0 Å². The molecule has 9 nitrogen and oxygen atoms in total. The van der Waals surface area contributed by atoms with Gasteiger partial charge in [-0.15, -0.1) is 11.3 Å². The number of fused-ring (bicyclic) bond motifs is 11. The van der Waals surface area contributed by atoms with Gasteiger partial charge in [-0.1, -0.05) is 139 Å². The van der Waals surface area contributed by atoms with Gasteiger partial charge < -0.3 is 14.2 Å². The second-order valence-corrected chi connectivity index (χ2v) is 25.1. The average molecular weight is 1140 g/mol. The van der Waals surface area contributed by atoms with E-state index in [1.165, 1.54) is 102 Å². The quantitative estimate of drug-likeness (QED) is 0.0882. The van der Waals surface area contributed by atoms with E-state index in [1.807, 2.05) is 32.0 Å². The normalized spacial score (nSPS) is 16.8. The third-order valence-electron chi connectivity index (χ3n) is 19.1. The first-order valence-corrected chi connectivity index (χ1v) is 30.8. The van der Waals surface area contributed by atoms with Crippen LogP contribution in [-0.2, 0) is 53.7 Å². The Balaban J connectivity index is 0.743. The maximum atomic E-state index is 14.9. The number of piperidine rings is 1. The zero-order valence-electron chi connectivity index (χ0n) is 47.7. The van der Waals surface area contributed by atoms with Crippen molar-refractivity contribution in [1.29, 1.82) is 0 Å². The Hall–Kier alpha value is -7.99. The summed E-state index contributed by atoms with van der Waals surface area (Å²) >= 11 is 8.07. The van der Waals surface area contributed by atoms with Crippen LogP contribution in [0.15, 0.2) is 162 Å². The van der Waals surface area contributed by atoms with Gasteiger partial charge in [0.1, 0.15) is 23.8 Å². The van der Waals surface area contributed by atoms with Gasteiger partial charge in [0, 0.05) is 51.4 Å². The van der Waals surface area contributed by atoms with E-state index < -0.39 is 11.6 Å². The second-order valence-electron chi connectivity index (χ2n) is 23.8. The first-order valence-electron chi connectivity index (χ1n) is 29.5. The van der Waals surface area contributed by atoms with Gasteiger partial charge in [0.15, 0.2) is 0 Å². The van der Waals surface area contributed by atoms with Crippen molar-refractivity contribution < 1.29 is 19.0 Å². The molecular formula is C73H63ClN4O5S. The Kier molecular flexibility index (Phi) is 13.0. The maximum absolute atomic E-state index is 14.9. The van der Waals surface area contributed by atoms with Crippen molar-refractivity contribution in [3.05, 3.63) is 251 Å². The molecule has 1 saturated heterocycles. The molecule has 0 bridgehead atoms. The highest BCUT2D eigenvalue weighted by Crippen LogP contribution is 2.55. The van der Waals surface area contributed by atoms with Crippen LogP contribution in [-0.4, -0.2) is 63.9 Å². The van der Waals surface area contributed by atoms with E-state index in [0.29, 0.717) is 40.6 Å². The van der Waals surface area contributed by atoms with Gasteiger partial charge in [-0.3, -0.25) is 19.2 Å². The molecule has 0 saturated carbocycles. The molecule has 7 aromatic carbocycles. The molecule has 1 atom stereocenters. The van der Waals surface area contributed by atoms with Crippen molar-refractivity contribution in [2.45, 2.75) is 95.9 Å². The summed E-state index contributed by atoms with van der Waals surface area (Å²) in [5, 5.41) is 2.33. The Morgan fingerprint density at radius 2 is 1.24 bits per heavy atom. The fourth-order valence-corrected chi connectivity index (χ4v) is 16.2. The molecule has 4 heterocycles. The maximum Gasteiger partial charge on any atom is 0.340 e. The van der Waals surface area contributed by atoms with Crippen LogP contribution in [0.3, 0.4) is 0 Å². The largest absolute Gasteiger partial charge is 0.491 e. The van der Waals surface area contributed by atoms with Gasteiger partial charge in [-0.2, -0.15) is 0 Å². The number of halogens is 1. The molecule has 1 unspecified atom stereocenters. The molecule has 5 aliphatic rings. The smallest absolute Gasteiger partial charge is 0.340 e. The van der Waals surface area contributed by atoms with Crippen molar-refractivity contribution in [3.8, 4) is 50.3 Å². The molecule has 84 heavy (non-hydrogen) atoms. The molecule has 0 amide bonds. The van der Waals surface area contributed by atoms with E-state index in [2.05, 4.69) is 139 Å². The van der Waals surface area contributed by atoms with E-state index in [4.69, 9.17) is 35.8 Å². The van der Waals surface area contributed by atoms with Crippen LogP contribution in [0.25, 0.3) is 54.7 Å². The summed E-state index contributed by atoms with van der Waals surface area (Å²) in [6.07, 6.45) is 6.39. The first kappa shape index (κ1) is 52.8. The third-order valence-corrected chi connectivity index (χ3v) is 20.3. The van der Waals surface area contributed by atoms with E-state index in [0.717, 1.165) is 90.8 Å². The van der Waals surface area contributed by atoms with E-state index in [-0.39, 0.29) is 23.8 Å². The highest BCUT2D eigenvalue weighted by atomic mass is 35.5. The van der Waals surface area contributed by atoms with Crippen LogP contribution in [0.5, 0.6) is 5.75 Å². The number of carbonyl (C=O) groups excluding carboxylic acids is 1.